The minimum absolute atomic E-state index is 0.0449. The fourth-order valence-corrected chi connectivity index (χ4v) is 2.23. The molecule has 1 aromatic heterocycles. The van der Waals surface area contributed by atoms with Crippen LogP contribution in [-0.4, -0.2) is 11.2 Å². The maximum absolute atomic E-state index is 13.9. The molecule has 0 unspecified atom stereocenters. The number of aryl methyl sites for hydroxylation is 1. The fourth-order valence-electron chi connectivity index (χ4n) is 1.70. The first-order chi connectivity index (χ1) is 9.22. The molecule has 0 spiro atoms. The molecule has 5 heteroatoms. The normalized spacial score (nSPS) is 10.2. The molecule has 2 aromatic rings. The molecule has 0 saturated carbocycles. The molecule has 3 nitrogen and oxygen atoms in total. The highest BCUT2D eigenvalue weighted by molar-refractivity contribution is 14.1. The van der Waals surface area contributed by atoms with Crippen LogP contribution in [0.1, 0.15) is 12.0 Å². The van der Waals surface area contributed by atoms with Crippen molar-refractivity contribution >= 4 is 22.6 Å². The van der Waals surface area contributed by atoms with E-state index in [1.54, 1.807) is 12.1 Å². The second-order valence-electron chi connectivity index (χ2n) is 3.97. The molecular formula is C14H12FIN2O. The Morgan fingerprint density at radius 3 is 2.74 bits per heavy atom. The Morgan fingerprint density at radius 2 is 2.05 bits per heavy atom. The second-order valence-corrected chi connectivity index (χ2v) is 5.13. The van der Waals surface area contributed by atoms with Crippen molar-refractivity contribution in [2.75, 3.05) is 6.61 Å². The van der Waals surface area contributed by atoms with Crippen molar-refractivity contribution in [3.8, 4) is 11.8 Å². The van der Waals surface area contributed by atoms with Crippen molar-refractivity contribution in [1.82, 2.24) is 4.57 Å². The third-order valence-corrected chi connectivity index (χ3v) is 3.55. The lowest BCUT2D eigenvalue weighted by molar-refractivity contribution is 0.287. The molecule has 0 N–H and O–H groups in total. The van der Waals surface area contributed by atoms with Crippen molar-refractivity contribution in [2.24, 2.45) is 0 Å². The molecule has 0 atom stereocenters. The third-order valence-electron chi connectivity index (χ3n) is 2.65. The Balaban J connectivity index is 1.91. The zero-order valence-corrected chi connectivity index (χ0v) is 12.3. The van der Waals surface area contributed by atoms with Gasteiger partial charge in [-0.1, -0.05) is 0 Å². The van der Waals surface area contributed by atoms with E-state index < -0.39 is 5.82 Å². The molecule has 0 aliphatic carbocycles. The Labute approximate surface area is 124 Å². The number of hydrogen-bond acceptors (Lipinski definition) is 2. The smallest absolute Gasteiger partial charge is 0.183 e. The summed E-state index contributed by atoms with van der Waals surface area (Å²) in [5, 5.41) is 8.87. The van der Waals surface area contributed by atoms with Crippen LogP contribution < -0.4 is 4.74 Å². The first-order valence-electron chi connectivity index (χ1n) is 5.84. The summed E-state index contributed by atoms with van der Waals surface area (Å²) in [6.45, 7) is 1.24. The Hall–Kier alpha value is -1.55. The van der Waals surface area contributed by atoms with Crippen molar-refractivity contribution in [2.45, 2.75) is 13.0 Å². The van der Waals surface area contributed by atoms with Gasteiger partial charge >= 0.3 is 0 Å². The number of ether oxygens (including phenoxy) is 1. The lowest BCUT2D eigenvalue weighted by atomic mass is 10.2. The van der Waals surface area contributed by atoms with Gasteiger partial charge in [-0.3, -0.25) is 0 Å². The van der Waals surface area contributed by atoms with E-state index in [0.717, 1.165) is 13.0 Å². The number of nitrogens with zero attached hydrogens (tertiary/aromatic N) is 2. The number of aromatic nitrogens is 1. The average molecular weight is 370 g/mol. The van der Waals surface area contributed by atoms with Gasteiger partial charge < -0.3 is 9.30 Å². The Kier molecular flexibility index (Phi) is 4.80. The van der Waals surface area contributed by atoms with Crippen LogP contribution in [0.5, 0.6) is 5.75 Å². The van der Waals surface area contributed by atoms with Crippen LogP contribution in [0.3, 0.4) is 0 Å². The number of halogens is 2. The van der Waals surface area contributed by atoms with Gasteiger partial charge in [-0.2, -0.15) is 5.26 Å². The monoisotopic (exact) mass is 370 g/mol. The van der Waals surface area contributed by atoms with Gasteiger partial charge in [0, 0.05) is 22.5 Å². The van der Waals surface area contributed by atoms with Crippen LogP contribution in [0.2, 0.25) is 0 Å². The molecule has 19 heavy (non-hydrogen) atoms. The Morgan fingerprint density at radius 1 is 1.32 bits per heavy atom. The molecule has 0 aliphatic rings. The van der Waals surface area contributed by atoms with E-state index in [-0.39, 0.29) is 11.3 Å². The number of nitriles is 1. The summed E-state index contributed by atoms with van der Waals surface area (Å²) in [4.78, 5) is 0. The van der Waals surface area contributed by atoms with Crippen LogP contribution in [0.15, 0.2) is 36.7 Å². The number of rotatable bonds is 5. The maximum Gasteiger partial charge on any atom is 0.183 e. The van der Waals surface area contributed by atoms with E-state index in [4.69, 9.17) is 10.00 Å². The maximum atomic E-state index is 13.9. The minimum atomic E-state index is -0.574. The van der Waals surface area contributed by atoms with Gasteiger partial charge in [-0.15, -0.1) is 0 Å². The quantitative estimate of drug-likeness (QED) is 0.596. The molecule has 0 fully saturated rings. The second kappa shape index (κ2) is 6.57. The van der Waals surface area contributed by atoms with Crippen molar-refractivity contribution in [1.29, 1.82) is 5.26 Å². The van der Waals surface area contributed by atoms with Crippen LogP contribution in [0, 0.1) is 20.7 Å². The summed E-state index contributed by atoms with van der Waals surface area (Å²) < 4.78 is 21.9. The molecule has 0 radical (unpaired) electrons. The van der Waals surface area contributed by atoms with Gasteiger partial charge in [0.1, 0.15) is 11.6 Å². The van der Waals surface area contributed by atoms with Gasteiger partial charge in [-0.05, 0) is 53.3 Å². The zero-order chi connectivity index (χ0) is 13.7. The summed E-state index contributed by atoms with van der Waals surface area (Å²) >= 11 is 1.93. The van der Waals surface area contributed by atoms with Gasteiger partial charge in [0.05, 0.1) is 6.61 Å². The highest BCUT2D eigenvalue weighted by atomic mass is 127. The number of hydrogen-bond donors (Lipinski definition) is 0. The summed E-state index contributed by atoms with van der Waals surface area (Å²) in [6, 6.07) is 9.01. The molecule has 0 bridgehead atoms. The van der Waals surface area contributed by atoms with Crippen LogP contribution in [0.4, 0.5) is 4.39 Å². The molecule has 1 heterocycles. The molecular weight excluding hydrogens is 358 g/mol. The van der Waals surface area contributed by atoms with Gasteiger partial charge in [0.15, 0.2) is 11.6 Å². The molecule has 0 aliphatic heterocycles. The molecule has 1 aromatic carbocycles. The van der Waals surface area contributed by atoms with Gasteiger partial charge in [0.2, 0.25) is 0 Å². The predicted octanol–water partition coefficient (Wildman–Crippen LogP) is 3.57. The van der Waals surface area contributed by atoms with E-state index in [9.17, 15) is 4.39 Å². The van der Waals surface area contributed by atoms with Crippen molar-refractivity contribution < 1.29 is 9.13 Å². The standard InChI is InChI=1S/C14H12FIN2O/c15-14-11(10-17)12(16)4-5-13(14)19-9-3-8-18-6-1-2-7-18/h1-2,4-7H,3,8-9H2. The summed E-state index contributed by atoms with van der Waals surface area (Å²) in [5.41, 5.74) is 0.0449. The highest BCUT2D eigenvalue weighted by Gasteiger charge is 2.12. The Bertz CT molecular complexity index is 590. The first kappa shape index (κ1) is 13.9. The van der Waals surface area contributed by atoms with Gasteiger partial charge in [-0.25, -0.2) is 4.39 Å². The first-order valence-corrected chi connectivity index (χ1v) is 6.92. The van der Waals surface area contributed by atoms with Crippen LogP contribution >= 0.6 is 22.6 Å². The number of benzene rings is 1. The predicted molar refractivity (Wildman–Crippen MR) is 78.4 cm³/mol. The van der Waals surface area contributed by atoms with Crippen molar-refractivity contribution in [3.05, 3.63) is 51.6 Å². The van der Waals surface area contributed by atoms with E-state index in [1.807, 2.05) is 57.8 Å². The van der Waals surface area contributed by atoms with Crippen LogP contribution in [0.25, 0.3) is 0 Å². The van der Waals surface area contributed by atoms with E-state index in [2.05, 4.69) is 0 Å². The lowest BCUT2D eigenvalue weighted by Gasteiger charge is -2.09. The zero-order valence-electron chi connectivity index (χ0n) is 10.1. The van der Waals surface area contributed by atoms with Crippen molar-refractivity contribution in [3.63, 3.8) is 0 Å². The lowest BCUT2D eigenvalue weighted by Crippen LogP contribution is -2.05. The summed E-state index contributed by atoms with van der Waals surface area (Å²) in [6.07, 6.45) is 4.72. The highest BCUT2D eigenvalue weighted by Crippen LogP contribution is 2.24. The van der Waals surface area contributed by atoms with Crippen LogP contribution in [-0.2, 0) is 6.54 Å². The largest absolute Gasteiger partial charge is 0.490 e. The minimum Gasteiger partial charge on any atom is -0.490 e. The van der Waals surface area contributed by atoms with E-state index >= 15 is 0 Å². The SMILES string of the molecule is N#Cc1c(I)ccc(OCCCn2cccc2)c1F. The fraction of sp³-hybridized carbons (Fsp3) is 0.214. The molecule has 98 valence electrons. The molecule has 0 saturated heterocycles. The summed E-state index contributed by atoms with van der Waals surface area (Å²) in [7, 11) is 0. The van der Waals surface area contributed by atoms with E-state index in [1.165, 1.54) is 0 Å². The van der Waals surface area contributed by atoms with E-state index in [0.29, 0.717) is 10.2 Å². The average Bonchev–Trinajstić information content (AvgIpc) is 2.90. The molecule has 0 amide bonds. The van der Waals surface area contributed by atoms with Gasteiger partial charge in [0.25, 0.3) is 0 Å². The third kappa shape index (κ3) is 3.47. The molecule has 2 rings (SSSR count). The summed E-state index contributed by atoms with van der Waals surface area (Å²) in [5.74, 6) is -0.431. The topological polar surface area (TPSA) is 37.9 Å².